The quantitative estimate of drug-likeness (QED) is 0.0707. The van der Waals surface area contributed by atoms with Crippen LogP contribution in [0.4, 0.5) is 13.2 Å². The van der Waals surface area contributed by atoms with Gasteiger partial charge in [-0.3, -0.25) is 39.0 Å². The summed E-state index contributed by atoms with van der Waals surface area (Å²) < 4.78 is 52.7. The molecule has 4 N–H and O–H groups in total. The number of nitrogens with zero attached hydrogens (tertiary/aromatic N) is 3. The zero-order chi connectivity index (χ0) is 41.9. The molecular weight excluding hydrogens is 779 g/mol. The highest BCUT2D eigenvalue weighted by molar-refractivity contribution is 6.24. The van der Waals surface area contributed by atoms with Gasteiger partial charge in [-0.05, 0) is 55.7 Å². The molecule has 1 atom stereocenters. The second kappa shape index (κ2) is 19.3. The molecule has 312 valence electrons. The molecule has 2 aromatic carbocycles. The molecule has 0 spiro atoms. The normalized spacial score (nSPS) is 15.2. The Labute approximate surface area is 335 Å². The molecule has 59 heavy (non-hydrogen) atoms. The Morgan fingerprint density at radius 3 is 2.12 bits per heavy atom. The maximum atomic E-state index is 13.2. The second-order valence-electron chi connectivity index (χ2n) is 13.9. The van der Waals surface area contributed by atoms with E-state index in [1.54, 1.807) is 12.1 Å². The number of fused-ring (bicyclic) bond motifs is 2. The van der Waals surface area contributed by atoms with Crippen LogP contribution in [0.3, 0.4) is 0 Å². The fourth-order valence-corrected chi connectivity index (χ4v) is 6.67. The SMILES string of the molecule is O=C(COc1ccc(-c2nc3cc(OC(F)(F)F)ccc3[nH]2)nc1)NCCCCCCCCCCNC(=O)COc1cccc2c1C(=O)N(C1CCC(=O)NC1=O)C2=O. The highest BCUT2D eigenvalue weighted by Gasteiger charge is 2.46. The summed E-state index contributed by atoms with van der Waals surface area (Å²) in [7, 11) is 0. The molecule has 0 radical (unpaired) electrons. The number of pyridine rings is 1. The summed E-state index contributed by atoms with van der Waals surface area (Å²) in [4.78, 5) is 87.0. The number of carbonyl (C=O) groups excluding carboxylic acids is 6. The fraction of sp³-hybridized carbons (Fsp3) is 0.400. The number of carbonyl (C=O) groups is 6. The van der Waals surface area contributed by atoms with Gasteiger partial charge in [0.15, 0.2) is 19.0 Å². The van der Waals surface area contributed by atoms with Gasteiger partial charge in [0.2, 0.25) is 11.8 Å². The van der Waals surface area contributed by atoms with Crippen LogP contribution in [0.1, 0.15) is 84.9 Å². The monoisotopic (exact) mass is 821 g/mol. The third-order valence-corrected chi connectivity index (χ3v) is 9.57. The summed E-state index contributed by atoms with van der Waals surface area (Å²) in [5, 5.41) is 7.78. The molecule has 16 nitrogen and oxygen atoms in total. The number of amides is 6. The molecule has 1 unspecified atom stereocenters. The first kappa shape index (κ1) is 42.1. The van der Waals surface area contributed by atoms with Gasteiger partial charge in [0.05, 0.1) is 28.4 Å². The second-order valence-corrected chi connectivity index (χ2v) is 13.9. The standard InChI is InChI=1S/C40H42F3N7O9/c41-40(42,43)59-24-12-14-27-29(20-24)48-36(47-27)28-15-13-25(21-46-28)57-22-33(52)44-18-7-5-3-1-2-4-6-8-19-45-34(53)23-58-31-11-9-10-26-35(31)39(56)50(38(26)55)30-16-17-32(51)49-37(30)54/h9-15,20-21,30H,1-8,16-19,22-23H2,(H,44,52)(H,45,53)(H,47,48)(H,49,51,54). The summed E-state index contributed by atoms with van der Waals surface area (Å²) in [6.07, 6.45) is 4.28. The number of alkyl halides is 3. The number of hydrogen-bond donors (Lipinski definition) is 4. The van der Waals surface area contributed by atoms with Crippen molar-refractivity contribution in [1.82, 2.24) is 35.8 Å². The van der Waals surface area contributed by atoms with Crippen LogP contribution in [0, 0.1) is 0 Å². The number of nitrogens with one attached hydrogen (secondary N) is 4. The number of imidazole rings is 1. The van der Waals surface area contributed by atoms with Crippen LogP contribution in [-0.2, 0) is 19.2 Å². The fourth-order valence-electron chi connectivity index (χ4n) is 6.67. The van der Waals surface area contributed by atoms with E-state index in [0.717, 1.165) is 56.3 Å². The Morgan fingerprint density at radius 2 is 1.47 bits per heavy atom. The number of ether oxygens (including phenoxy) is 3. The van der Waals surface area contributed by atoms with Crippen LogP contribution in [0.15, 0.2) is 54.7 Å². The van der Waals surface area contributed by atoms with Crippen LogP contribution in [0.5, 0.6) is 17.2 Å². The van der Waals surface area contributed by atoms with Gasteiger partial charge >= 0.3 is 6.36 Å². The molecule has 4 heterocycles. The molecule has 6 amide bonds. The molecule has 19 heteroatoms. The van der Waals surface area contributed by atoms with E-state index in [1.807, 2.05) is 0 Å². The Morgan fingerprint density at radius 1 is 0.814 bits per heavy atom. The van der Waals surface area contributed by atoms with Crippen molar-refractivity contribution in [3.8, 4) is 28.8 Å². The lowest BCUT2D eigenvalue weighted by atomic mass is 10.0. The van der Waals surface area contributed by atoms with Crippen molar-refractivity contribution in [1.29, 1.82) is 0 Å². The lowest BCUT2D eigenvalue weighted by Crippen LogP contribution is -2.54. The Kier molecular flexibility index (Phi) is 13.8. The van der Waals surface area contributed by atoms with Gasteiger partial charge in [-0.1, -0.05) is 44.6 Å². The third kappa shape index (κ3) is 11.3. The van der Waals surface area contributed by atoms with Gasteiger partial charge in [0, 0.05) is 25.6 Å². The van der Waals surface area contributed by atoms with Crippen LogP contribution in [-0.4, -0.2) is 94.0 Å². The Balaban J connectivity index is 0.772. The number of aromatic amines is 1. The van der Waals surface area contributed by atoms with Crippen molar-refractivity contribution < 1.29 is 56.1 Å². The van der Waals surface area contributed by atoms with E-state index >= 15 is 0 Å². The predicted octanol–water partition coefficient (Wildman–Crippen LogP) is 4.74. The van der Waals surface area contributed by atoms with E-state index in [2.05, 4.69) is 35.6 Å². The topological polar surface area (TPSA) is 211 Å². The number of unbranched alkanes of at least 4 members (excludes halogenated alkanes) is 7. The Hall–Kier alpha value is -6.53. The number of hydrogen-bond acceptors (Lipinski definition) is 11. The number of imide groups is 2. The van der Waals surface area contributed by atoms with E-state index in [1.165, 1.54) is 42.6 Å². The highest BCUT2D eigenvalue weighted by atomic mass is 19.4. The van der Waals surface area contributed by atoms with E-state index in [4.69, 9.17) is 9.47 Å². The van der Waals surface area contributed by atoms with Gasteiger partial charge in [-0.2, -0.15) is 0 Å². The van der Waals surface area contributed by atoms with E-state index in [9.17, 15) is 41.9 Å². The molecule has 0 saturated carbocycles. The molecule has 2 aromatic heterocycles. The van der Waals surface area contributed by atoms with Crippen molar-refractivity contribution in [3.63, 3.8) is 0 Å². The van der Waals surface area contributed by atoms with Gasteiger partial charge in [-0.15, -0.1) is 13.2 Å². The first-order valence-corrected chi connectivity index (χ1v) is 19.2. The number of aromatic nitrogens is 3. The molecular formula is C40H42F3N7O9. The number of halogens is 3. The lowest BCUT2D eigenvalue weighted by molar-refractivity contribution is -0.274. The summed E-state index contributed by atoms with van der Waals surface area (Å²) in [6.45, 7) is 0.432. The molecule has 6 rings (SSSR count). The zero-order valence-corrected chi connectivity index (χ0v) is 31.8. The maximum Gasteiger partial charge on any atom is 0.573 e. The number of benzene rings is 2. The van der Waals surface area contributed by atoms with Crippen LogP contribution < -0.4 is 30.2 Å². The van der Waals surface area contributed by atoms with Crippen LogP contribution >= 0.6 is 0 Å². The largest absolute Gasteiger partial charge is 0.573 e. The van der Waals surface area contributed by atoms with Gasteiger partial charge in [0.1, 0.15) is 29.0 Å². The van der Waals surface area contributed by atoms with Crippen molar-refractivity contribution in [2.24, 2.45) is 0 Å². The minimum Gasteiger partial charge on any atom is -0.483 e. The lowest BCUT2D eigenvalue weighted by Gasteiger charge is -2.27. The average molecular weight is 822 g/mol. The van der Waals surface area contributed by atoms with Gasteiger partial charge in [0.25, 0.3) is 23.6 Å². The van der Waals surface area contributed by atoms with E-state index in [-0.39, 0.29) is 66.0 Å². The molecule has 4 aromatic rings. The minimum atomic E-state index is -4.81. The summed E-state index contributed by atoms with van der Waals surface area (Å²) in [6, 6.07) is 10.4. The predicted molar refractivity (Wildman–Crippen MR) is 203 cm³/mol. The summed E-state index contributed by atoms with van der Waals surface area (Å²) in [5.41, 5.74) is 1.28. The number of piperidine rings is 1. The summed E-state index contributed by atoms with van der Waals surface area (Å²) in [5.74, 6) is -2.78. The Bertz CT molecular complexity index is 2190. The summed E-state index contributed by atoms with van der Waals surface area (Å²) >= 11 is 0. The van der Waals surface area contributed by atoms with Crippen molar-refractivity contribution in [3.05, 3.63) is 65.9 Å². The van der Waals surface area contributed by atoms with Crippen LogP contribution in [0.25, 0.3) is 22.6 Å². The first-order valence-electron chi connectivity index (χ1n) is 19.2. The van der Waals surface area contributed by atoms with Crippen molar-refractivity contribution >= 4 is 46.5 Å². The molecule has 0 bridgehead atoms. The first-order chi connectivity index (χ1) is 28.4. The van der Waals surface area contributed by atoms with Crippen molar-refractivity contribution in [2.45, 2.75) is 76.6 Å². The minimum absolute atomic E-state index is 0.00916. The number of rotatable bonds is 20. The van der Waals surface area contributed by atoms with Crippen LogP contribution in [0.2, 0.25) is 0 Å². The number of H-pyrrole nitrogens is 1. The van der Waals surface area contributed by atoms with Gasteiger partial charge in [-0.25, -0.2) is 9.97 Å². The average Bonchev–Trinajstić information content (AvgIpc) is 3.74. The third-order valence-electron chi connectivity index (χ3n) is 9.57. The zero-order valence-electron chi connectivity index (χ0n) is 31.8. The highest BCUT2D eigenvalue weighted by Crippen LogP contribution is 2.34. The van der Waals surface area contributed by atoms with Crippen molar-refractivity contribution in [2.75, 3.05) is 26.3 Å². The molecule has 2 aliphatic rings. The van der Waals surface area contributed by atoms with Gasteiger partial charge < -0.3 is 29.8 Å². The van der Waals surface area contributed by atoms with E-state index in [0.29, 0.717) is 35.9 Å². The maximum absolute atomic E-state index is 13.2. The van der Waals surface area contributed by atoms with E-state index < -0.39 is 36.0 Å². The molecule has 0 aliphatic carbocycles. The molecule has 2 aliphatic heterocycles. The smallest absolute Gasteiger partial charge is 0.483 e. The molecule has 1 fully saturated rings. The molecule has 1 saturated heterocycles.